The van der Waals surface area contributed by atoms with Gasteiger partial charge in [-0.1, -0.05) is 0 Å². The monoisotopic (exact) mass is 372 g/mol. The third kappa shape index (κ3) is 2.68. The predicted molar refractivity (Wildman–Crippen MR) is 74.9 cm³/mol. The van der Waals surface area contributed by atoms with Crippen molar-refractivity contribution < 1.29 is 33.3 Å². The van der Waals surface area contributed by atoms with Crippen molar-refractivity contribution in [1.82, 2.24) is 0 Å². The van der Waals surface area contributed by atoms with Gasteiger partial charge in [0.25, 0.3) is 0 Å². The van der Waals surface area contributed by atoms with Gasteiger partial charge in [0, 0.05) is 31.2 Å². The molecule has 0 aromatic heterocycles. The van der Waals surface area contributed by atoms with Crippen LogP contribution in [0.3, 0.4) is 0 Å². The molecule has 104 valence electrons. The average Bonchev–Trinajstić information content (AvgIpc) is 2.47. The third-order valence-corrected chi connectivity index (χ3v) is 3.91. The number of hydrogen-bond donors (Lipinski definition) is 1. The number of hydrogen-bond acceptors (Lipinski definition) is 1. The van der Waals surface area contributed by atoms with Crippen LogP contribution in [0.5, 0.6) is 0 Å². The Morgan fingerprint density at radius 3 is 2.53 bits per heavy atom. The summed E-state index contributed by atoms with van der Waals surface area (Å²) in [6, 6.07) is 6.16. The second-order valence-corrected chi connectivity index (χ2v) is 5.37. The lowest BCUT2D eigenvalue weighted by Gasteiger charge is -2.15. The molecular weight excluding hydrogens is 351 g/mol. The van der Waals surface area contributed by atoms with Gasteiger partial charge in [-0.05, 0) is 32.9 Å². The number of nitrogens with one attached hydrogen (secondary N) is 1. The Bertz CT molecular complexity index is 547. The van der Waals surface area contributed by atoms with E-state index in [0.29, 0.717) is 0 Å². The van der Waals surface area contributed by atoms with Gasteiger partial charge in [0.05, 0.1) is 5.41 Å². The Labute approximate surface area is 132 Å². The maximum Gasteiger partial charge on any atom is 0.221 e. The maximum absolute atomic E-state index is 11.1. The topological polar surface area (TPSA) is 32.1 Å². The maximum atomic E-state index is 11.1. The summed E-state index contributed by atoms with van der Waals surface area (Å²) in [5.74, 6) is -0.0289. The molecule has 0 fully saturated rings. The fourth-order valence-electron chi connectivity index (χ4n) is 2.67. The molecule has 0 atom stereocenters. The molecule has 0 unspecified atom stereocenters. The first-order chi connectivity index (χ1) is 8.37. The second-order valence-electron chi connectivity index (χ2n) is 5.37. The molecule has 0 saturated heterocycles. The van der Waals surface area contributed by atoms with Crippen LogP contribution in [-0.4, -0.2) is 22.7 Å². The minimum atomic E-state index is -0.0289. The van der Waals surface area contributed by atoms with E-state index in [1.165, 1.54) is 23.9 Å². The molecule has 1 amide bonds. The van der Waals surface area contributed by atoms with Gasteiger partial charge in [0.2, 0.25) is 11.6 Å². The van der Waals surface area contributed by atoms with Crippen LogP contribution in [0.15, 0.2) is 18.2 Å². The van der Waals surface area contributed by atoms with Crippen LogP contribution in [0.25, 0.3) is 0 Å². The van der Waals surface area contributed by atoms with E-state index < -0.39 is 0 Å². The van der Waals surface area contributed by atoms with E-state index in [-0.39, 0.29) is 35.3 Å². The zero-order valence-corrected chi connectivity index (χ0v) is 14.3. The Hall–Kier alpha value is -0.910. The van der Waals surface area contributed by atoms with Gasteiger partial charge in [-0.3, -0.25) is 4.79 Å². The van der Waals surface area contributed by atoms with Crippen molar-refractivity contribution in [2.75, 3.05) is 11.9 Å². The number of halogens is 1. The summed E-state index contributed by atoms with van der Waals surface area (Å²) in [6.07, 6.45) is 0. The summed E-state index contributed by atoms with van der Waals surface area (Å²) < 4.78 is 2.34. The first-order valence-electron chi connectivity index (χ1n) is 6.41. The predicted octanol–water partition coefficient (Wildman–Crippen LogP) is 0.0650. The Morgan fingerprint density at radius 1 is 1.37 bits per heavy atom. The molecule has 1 N–H and O–H groups in total. The summed E-state index contributed by atoms with van der Waals surface area (Å²) in [5, 5.41) is 2.85. The highest BCUT2D eigenvalue weighted by molar-refractivity contribution is 5.95. The van der Waals surface area contributed by atoms with E-state index in [0.717, 1.165) is 12.2 Å². The number of amides is 1. The lowest BCUT2D eigenvalue weighted by atomic mass is 9.82. The zero-order chi connectivity index (χ0) is 13.5. The van der Waals surface area contributed by atoms with Crippen molar-refractivity contribution in [2.45, 2.75) is 40.0 Å². The Balaban J connectivity index is 0.00000180. The van der Waals surface area contributed by atoms with Crippen molar-refractivity contribution in [2.24, 2.45) is 0 Å². The minimum absolute atomic E-state index is 0. The SMILES string of the molecule is CC[N+]1=C(C)C(C)(C)c2cc(NC(C)=O)ccc21.[I-]. The number of benzene rings is 1. The standard InChI is InChI=1S/C15H20N2O.HI/c1-6-17-10(2)15(4,5)13-9-12(16-11(3)18)7-8-14(13)17;/h7-9H,6H2,1-5H3;1H. The molecule has 0 spiro atoms. The molecule has 0 radical (unpaired) electrons. The van der Waals surface area contributed by atoms with Crippen LogP contribution in [0.2, 0.25) is 0 Å². The molecule has 0 aliphatic carbocycles. The molecule has 0 saturated carbocycles. The largest absolute Gasteiger partial charge is 1.00 e. The van der Waals surface area contributed by atoms with Gasteiger partial charge in [-0.2, -0.15) is 4.58 Å². The Kier molecular flexibility index (Phi) is 4.76. The van der Waals surface area contributed by atoms with E-state index in [1.54, 1.807) is 0 Å². The summed E-state index contributed by atoms with van der Waals surface area (Å²) in [5.41, 5.74) is 4.81. The van der Waals surface area contributed by atoms with E-state index in [9.17, 15) is 4.79 Å². The van der Waals surface area contributed by atoms with Crippen molar-refractivity contribution in [3.63, 3.8) is 0 Å². The normalized spacial score (nSPS) is 15.8. The zero-order valence-electron chi connectivity index (χ0n) is 12.2. The number of rotatable bonds is 2. The van der Waals surface area contributed by atoms with Crippen LogP contribution in [0, 0.1) is 0 Å². The summed E-state index contributed by atoms with van der Waals surface area (Å²) >= 11 is 0. The van der Waals surface area contributed by atoms with Crippen LogP contribution in [0.4, 0.5) is 11.4 Å². The van der Waals surface area contributed by atoms with Gasteiger partial charge < -0.3 is 29.3 Å². The molecule has 3 nitrogen and oxygen atoms in total. The summed E-state index contributed by atoms with van der Waals surface area (Å²) in [6.45, 7) is 11.3. The highest BCUT2D eigenvalue weighted by Crippen LogP contribution is 2.40. The van der Waals surface area contributed by atoms with Gasteiger partial charge >= 0.3 is 0 Å². The quantitative estimate of drug-likeness (QED) is 0.578. The van der Waals surface area contributed by atoms with Crippen molar-refractivity contribution >= 4 is 23.0 Å². The van der Waals surface area contributed by atoms with Crippen molar-refractivity contribution in [3.05, 3.63) is 23.8 Å². The smallest absolute Gasteiger partial charge is 0.221 e. The van der Waals surface area contributed by atoms with Crippen LogP contribution >= 0.6 is 0 Å². The first kappa shape index (κ1) is 16.1. The van der Waals surface area contributed by atoms with Gasteiger partial charge in [-0.15, -0.1) is 0 Å². The third-order valence-electron chi connectivity index (χ3n) is 3.91. The molecule has 19 heavy (non-hydrogen) atoms. The van der Waals surface area contributed by atoms with Gasteiger partial charge in [0.1, 0.15) is 6.54 Å². The van der Waals surface area contributed by atoms with E-state index in [1.807, 2.05) is 6.07 Å². The lowest BCUT2D eigenvalue weighted by Crippen LogP contribution is -3.00. The Morgan fingerprint density at radius 2 is 2.00 bits per heavy atom. The molecule has 1 heterocycles. The molecule has 1 aromatic rings. The molecule has 2 rings (SSSR count). The fourth-order valence-corrected chi connectivity index (χ4v) is 2.67. The second kappa shape index (κ2) is 5.61. The average molecular weight is 372 g/mol. The van der Waals surface area contributed by atoms with Gasteiger partial charge in [-0.25, -0.2) is 0 Å². The molecule has 0 bridgehead atoms. The summed E-state index contributed by atoms with van der Waals surface area (Å²) in [7, 11) is 0. The molecular formula is C15H21IN2O. The van der Waals surface area contributed by atoms with E-state index >= 15 is 0 Å². The number of nitrogens with zero attached hydrogens (tertiary/aromatic N) is 1. The van der Waals surface area contributed by atoms with Gasteiger partial charge in [0.15, 0.2) is 5.71 Å². The number of carbonyl (C=O) groups excluding carboxylic acids is 1. The van der Waals surface area contributed by atoms with Crippen LogP contribution in [-0.2, 0) is 10.2 Å². The van der Waals surface area contributed by atoms with E-state index in [2.05, 4.69) is 49.7 Å². The highest BCUT2D eigenvalue weighted by Gasteiger charge is 2.42. The molecule has 4 heteroatoms. The highest BCUT2D eigenvalue weighted by atomic mass is 127. The minimum Gasteiger partial charge on any atom is -1.00 e. The lowest BCUT2D eigenvalue weighted by molar-refractivity contribution is -0.434. The summed E-state index contributed by atoms with van der Waals surface area (Å²) in [4.78, 5) is 11.1. The molecule has 1 aromatic carbocycles. The van der Waals surface area contributed by atoms with Crippen LogP contribution < -0.4 is 29.3 Å². The number of fused-ring (bicyclic) bond motifs is 1. The fraction of sp³-hybridized carbons (Fsp3) is 0.467. The number of anilines is 1. The first-order valence-corrected chi connectivity index (χ1v) is 6.41. The van der Waals surface area contributed by atoms with Crippen molar-refractivity contribution in [3.8, 4) is 0 Å². The van der Waals surface area contributed by atoms with E-state index in [4.69, 9.17) is 0 Å². The molecule has 1 aliphatic heterocycles. The van der Waals surface area contributed by atoms with Crippen molar-refractivity contribution in [1.29, 1.82) is 0 Å². The number of carbonyl (C=O) groups is 1. The van der Waals surface area contributed by atoms with Crippen LogP contribution in [0.1, 0.15) is 40.2 Å². The molecule has 1 aliphatic rings.